The molecule has 1 fully saturated rings. The van der Waals surface area contributed by atoms with Gasteiger partial charge in [0.15, 0.2) is 0 Å². The molecule has 6 N–H and O–H groups in total. The first-order chi connectivity index (χ1) is 18.9. The molecule has 1 saturated heterocycles. The van der Waals surface area contributed by atoms with Crippen LogP contribution in [0.15, 0.2) is 24.3 Å². The number of amides is 7. The lowest BCUT2D eigenvalue weighted by atomic mass is 10.0. The van der Waals surface area contributed by atoms with Crippen LogP contribution in [0.1, 0.15) is 52.0 Å². The molecule has 1 aliphatic rings. The van der Waals surface area contributed by atoms with Crippen LogP contribution in [0.5, 0.6) is 0 Å². The highest BCUT2D eigenvalue weighted by Gasteiger charge is 2.33. The van der Waals surface area contributed by atoms with Gasteiger partial charge in [-0.1, -0.05) is 26.0 Å². The highest BCUT2D eigenvalue weighted by Crippen LogP contribution is 2.14. The van der Waals surface area contributed by atoms with E-state index in [2.05, 4.69) is 21.3 Å². The number of anilines is 1. The lowest BCUT2D eigenvalue weighted by Crippen LogP contribution is -2.56. The lowest BCUT2D eigenvalue weighted by molar-refractivity contribution is -0.143. The van der Waals surface area contributed by atoms with Crippen molar-refractivity contribution in [3.63, 3.8) is 0 Å². The van der Waals surface area contributed by atoms with Gasteiger partial charge in [-0.2, -0.15) is 0 Å². The van der Waals surface area contributed by atoms with Gasteiger partial charge in [-0.05, 0) is 36.5 Å². The molecule has 1 aromatic carbocycles. The Bertz CT molecular complexity index is 1100. The summed E-state index contributed by atoms with van der Waals surface area (Å²) in [4.78, 5) is 85.4. The number of benzene rings is 1. The molecule has 2 rings (SSSR count). The van der Waals surface area contributed by atoms with E-state index in [1.165, 1.54) is 6.92 Å². The normalized spacial score (nSPS) is 14.3. The molecular formula is C26H36N6O8. The minimum atomic E-state index is -1.06. The summed E-state index contributed by atoms with van der Waals surface area (Å²) in [6.45, 7) is 4.44. The number of likely N-dealkylation sites (tertiary alicyclic amines) is 1. The fourth-order valence-electron chi connectivity index (χ4n) is 3.84. The molecule has 7 amide bonds. The Labute approximate surface area is 231 Å². The first kappa shape index (κ1) is 31.7. The van der Waals surface area contributed by atoms with E-state index in [0.29, 0.717) is 17.7 Å². The van der Waals surface area contributed by atoms with E-state index in [9.17, 15) is 33.6 Å². The van der Waals surface area contributed by atoms with Crippen molar-refractivity contribution in [1.82, 2.24) is 20.9 Å². The third-order valence-electron chi connectivity index (χ3n) is 5.99. The van der Waals surface area contributed by atoms with Crippen LogP contribution in [0, 0.1) is 5.92 Å². The number of nitrogens with zero attached hydrogens (tertiary/aromatic N) is 1. The van der Waals surface area contributed by atoms with Crippen molar-refractivity contribution >= 4 is 47.2 Å². The van der Waals surface area contributed by atoms with Crippen molar-refractivity contribution < 1.29 is 38.3 Å². The second-order valence-corrected chi connectivity index (χ2v) is 9.62. The van der Waals surface area contributed by atoms with E-state index in [1.54, 1.807) is 38.1 Å². The van der Waals surface area contributed by atoms with Crippen molar-refractivity contribution in [2.45, 2.75) is 65.1 Å². The number of rotatable bonds is 14. The third kappa shape index (κ3) is 10.3. The van der Waals surface area contributed by atoms with E-state index >= 15 is 0 Å². The molecule has 0 saturated carbocycles. The minimum absolute atomic E-state index is 0.0382. The monoisotopic (exact) mass is 560 g/mol. The molecule has 14 heteroatoms. The average molecular weight is 561 g/mol. The zero-order valence-corrected chi connectivity index (χ0v) is 22.8. The Kier molecular flexibility index (Phi) is 12.0. The quantitative estimate of drug-likeness (QED) is 0.118. The Balaban J connectivity index is 2.07. The number of esters is 1. The number of imide groups is 1. The molecule has 1 heterocycles. The van der Waals surface area contributed by atoms with E-state index in [1.807, 2.05) is 0 Å². The summed E-state index contributed by atoms with van der Waals surface area (Å²) < 4.78 is 4.94. The van der Waals surface area contributed by atoms with Gasteiger partial charge in [0.1, 0.15) is 25.2 Å². The van der Waals surface area contributed by atoms with Gasteiger partial charge >= 0.3 is 12.0 Å². The van der Waals surface area contributed by atoms with Crippen LogP contribution < -0.4 is 27.0 Å². The fourth-order valence-corrected chi connectivity index (χ4v) is 3.84. The number of ether oxygens (including phenoxy) is 1. The van der Waals surface area contributed by atoms with E-state index in [4.69, 9.17) is 10.5 Å². The van der Waals surface area contributed by atoms with Crippen LogP contribution in [-0.2, 0) is 40.1 Å². The maximum absolute atomic E-state index is 13.2. The fraction of sp³-hybridized carbons (Fsp3) is 0.500. The summed E-state index contributed by atoms with van der Waals surface area (Å²) in [7, 11) is 0. The molecule has 0 spiro atoms. The van der Waals surface area contributed by atoms with Crippen molar-refractivity contribution in [1.29, 1.82) is 0 Å². The number of carbonyl (C=O) groups excluding carboxylic acids is 7. The lowest BCUT2D eigenvalue weighted by Gasteiger charge is -2.26. The SMILES string of the molecule is CC(=O)OCc1ccc(NC(=O)[C@H](CCCNC(N)=O)NC(=O)[C@@H](NC(=O)CN2C(=O)CCC2=O)C(C)C)cc1. The van der Waals surface area contributed by atoms with Crippen molar-refractivity contribution in [3.8, 4) is 0 Å². The largest absolute Gasteiger partial charge is 0.461 e. The number of hydrogen-bond acceptors (Lipinski definition) is 8. The van der Waals surface area contributed by atoms with Gasteiger partial charge in [0.2, 0.25) is 29.5 Å². The van der Waals surface area contributed by atoms with E-state index < -0.39 is 60.2 Å². The van der Waals surface area contributed by atoms with Gasteiger partial charge in [0, 0.05) is 32.0 Å². The van der Waals surface area contributed by atoms with Crippen LogP contribution >= 0.6 is 0 Å². The van der Waals surface area contributed by atoms with Crippen molar-refractivity contribution in [3.05, 3.63) is 29.8 Å². The molecule has 0 aliphatic carbocycles. The number of urea groups is 1. The smallest absolute Gasteiger partial charge is 0.312 e. The Morgan fingerprint density at radius 1 is 0.975 bits per heavy atom. The van der Waals surface area contributed by atoms with Crippen molar-refractivity contribution in [2.75, 3.05) is 18.4 Å². The number of hydrogen-bond donors (Lipinski definition) is 5. The van der Waals surface area contributed by atoms with Crippen molar-refractivity contribution in [2.24, 2.45) is 11.7 Å². The van der Waals surface area contributed by atoms with Crippen LogP contribution in [0.2, 0.25) is 0 Å². The maximum Gasteiger partial charge on any atom is 0.312 e. The van der Waals surface area contributed by atoms with Gasteiger partial charge in [-0.25, -0.2) is 4.79 Å². The molecule has 40 heavy (non-hydrogen) atoms. The third-order valence-corrected chi connectivity index (χ3v) is 5.99. The molecule has 0 bridgehead atoms. The zero-order chi connectivity index (χ0) is 29.8. The Hall–Kier alpha value is -4.49. The van der Waals surface area contributed by atoms with Gasteiger partial charge in [-0.3, -0.25) is 33.7 Å². The zero-order valence-electron chi connectivity index (χ0n) is 22.8. The Morgan fingerprint density at radius 2 is 1.60 bits per heavy atom. The molecular weight excluding hydrogens is 524 g/mol. The topological polar surface area (TPSA) is 206 Å². The minimum Gasteiger partial charge on any atom is -0.461 e. The molecule has 218 valence electrons. The number of nitrogens with two attached hydrogens (primary N) is 1. The van der Waals surface area contributed by atoms with Gasteiger partial charge in [-0.15, -0.1) is 0 Å². The number of nitrogens with one attached hydrogen (secondary N) is 4. The Morgan fingerprint density at radius 3 is 2.15 bits per heavy atom. The maximum atomic E-state index is 13.2. The highest BCUT2D eigenvalue weighted by molar-refractivity contribution is 6.05. The van der Waals surface area contributed by atoms with Crippen LogP contribution in [-0.4, -0.2) is 71.6 Å². The van der Waals surface area contributed by atoms with E-state index in [0.717, 1.165) is 4.90 Å². The van der Waals surface area contributed by atoms with Gasteiger partial charge in [0.05, 0.1) is 0 Å². The number of primary amides is 1. The molecule has 0 unspecified atom stereocenters. The van der Waals surface area contributed by atoms with E-state index in [-0.39, 0.29) is 38.3 Å². The predicted octanol–water partition coefficient (Wildman–Crippen LogP) is -0.0887. The first-order valence-corrected chi connectivity index (χ1v) is 12.9. The molecule has 14 nitrogen and oxygen atoms in total. The van der Waals surface area contributed by atoms with Crippen LogP contribution in [0.3, 0.4) is 0 Å². The standard InChI is InChI=1S/C26H36N6O8/c1-15(2)23(31-20(34)13-32-21(35)10-11-22(32)36)25(38)30-19(5-4-12-28-26(27)39)24(37)29-18-8-6-17(7-9-18)14-40-16(3)33/h6-9,15,19,23H,4-5,10-14H2,1-3H3,(H,29,37)(H,30,38)(H,31,34)(H3,27,28,39)/t19-,23-/m0/s1. The van der Waals surface area contributed by atoms with Crippen LogP contribution in [0.25, 0.3) is 0 Å². The molecule has 0 aromatic heterocycles. The molecule has 1 aliphatic heterocycles. The molecule has 0 radical (unpaired) electrons. The average Bonchev–Trinajstić information content (AvgIpc) is 3.20. The highest BCUT2D eigenvalue weighted by atomic mass is 16.5. The first-order valence-electron chi connectivity index (χ1n) is 12.9. The molecule has 1 aromatic rings. The summed E-state index contributed by atoms with van der Waals surface area (Å²) in [6.07, 6.45) is 0.519. The second-order valence-electron chi connectivity index (χ2n) is 9.62. The molecule has 2 atom stereocenters. The summed E-state index contributed by atoms with van der Waals surface area (Å²) >= 11 is 0. The van der Waals surface area contributed by atoms with Crippen LogP contribution in [0.4, 0.5) is 10.5 Å². The summed E-state index contributed by atoms with van der Waals surface area (Å²) in [5.41, 5.74) is 6.23. The second kappa shape index (κ2) is 15.2. The summed E-state index contributed by atoms with van der Waals surface area (Å²) in [6, 6.07) is 3.75. The van der Waals surface area contributed by atoms with Gasteiger partial charge < -0.3 is 31.7 Å². The van der Waals surface area contributed by atoms with Gasteiger partial charge in [0.25, 0.3) is 0 Å². The summed E-state index contributed by atoms with van der Waals surface area (Å²) in [5, 5.41) is 10.3. The number of carbonyl (C=O) groups is 7. The predicted molar refractivity (Wildman–Crippen MR) is 142 cm³/mol. The summed E-state index contributed by atoms with van der Waals surface area (Å²) in [5.74, 6) is -3.57.